The number of nitrogens with zero attached hydrogens (tertiary/aromatic N) is 2. The summed E-state index contributed by atoms with van der Waals surface area (Å²) in [6.45, 7) is 2.93. The Morgan fingerprint density at radius 2 is 2.32 bits per heavy atom. The van der Waals surface area contributed by atoms with Crippen molar-refractivity contribution in [1.29, 1.82) is 0 Å². The van der Waals surface area contributed by atoms with Gasteiger partial charge in [-0.3, -0.25) is 14.3 Å². The van der Waals surface area contributed by atoms with Crippen molar-refractivity contribution < 1.29 is 19.3 Å². The van der Waals surface area contributed by atoms with Crippen LogP contribution < -0.4 is 11.3 Å². The topological polar surface area (TPSA) is 126 Å². The molecule has 0 aliphatic carbocycles. The molecular weight excluding hydrogens is 355 g/mol. The zero-order valence-electron chi connectivity index (χ0n) is 13.3. The smallest absolute Gasteiger partial charge is 0.264 e. The molecule has 5 N–H and O–H groups in total. The average Bonchev–Trinajstić information content (AvgIpc) is 2.96. The van der Waals surface area contributed by atoms with Gasteiger partial charge in [-0.15, -0.1) is 5.92 Å². The molecule has 1 aliphatic rings. The lowest BCUT2D eigenvalue weighted by molar-refractivity contribution is -0.0752. The molecule has 2 aromatic rings. The van der Waals surface area contributed by atoms with Crippen LogP contribution in [0.3, 0.4) is 0 Å². The lowest BCUT2D eigenvalue weighted by Crippen LogP contribution is -2.43. The number of hydrogen-bond acceptors (Lipinski definition) is 6. The molecule has 134 valence electrons. The first-order valence-electron chi connectivity index (χ1n) is 7.41. The van der Waals surface area contributed by atoms with Gasteiger partial charge in [0.2, 0.25) is 5.95 Å². The summed E-state index contributed by atoms with van der Waals surface area (Å²) in [6, 6.07) is 0. The minimum Gasteiger partial charge on any atom is -0.391 e. The SMILES string of the molecule is CC#CC1(Cl)[C@@H](O)[C@@H]([C@@H](C)O)O[C@H]1n1cc(F)c2c(=O)[nH]c(N)nc21. The first kappa shape index (κ1) is 17.7. The van der Waals surface area contributed by atoms with Crippen molar-refractivity contribution in [3.05, 3.63) is 22.4 Å². The number of aliphatic hydroxyl groups is 2. The molecule has 5 atom stereocenters. The highest BCUT2D eigenvalue weighted by molar-refractivity contribution is 6.27. The zero-order valence-corrected chi connectivity index (χ0v) is 14.1. The molecule has 0 spiro atoms. The summed E-state index contributed by atoms with van der Waals surface area (Å²) in [5.74, 6) is 4.17. The molecule has 25 heavy (non-hydrogen) atoms. The molecule has 0 bridgehead atoms. The lowest BCUT2D eigenvalue weighted by atomic mass is 9.97. The molecule has 3 rings (SSSR count). The van der Waals surface area contributed by atoms with Crippen LogP contribution in [0.1, 0.15) is 20.1 Å². The second kappa shape index (κ2) is 6.00. The summed E-state index contributed by atoms with van der Waals surface area (Å²) in [6.07, 6.45) is -3.74. The summed E-state index contributed by atoms with van der Waals surface area (Å²) >= 11 is 6.50. The molecule has 0 radical (unpaired) electrons. The highest BCUT2D eigenvalue weighted by atomic mass is 35.5. The van der Waals surface area contributed by atoms with Gasteiger partial charge < -0.3 is 20.7 Å². The van der Waals surface area contributed by atoms with E-state index in [9.17, 15) is 19.4 Å². The second-order valence-electron chi connectivity index (χ2n) is 5.82. The molecule has 1 saturated heterocycles. The third kappa shape index (κ3) is 2.58. The largest absolute Gasteiger partial charge is 0.391 e. The summed E-state index contributed by atoms with van der Waals surface area (Å²) in [5, 5.41) is 20.0. The van der Waals surface area contributed by atoms with Crippen molar-refractivity contribution in [3.63, 3.8) is 0 Å². The van der Waals surface area contributed by atoms with Crippen molar-refractivity contribution >= 4 is 28.6 Å². The number of halogens is 2. The Labute approximate surface area is 146 Å². The number of nitrogens with two attached hydrogens (primary N) is 1. The summed E-state index contributed by atoms with van der Waals surface area (Å²) in [7, 11) is 0. The zero-order chi connectivity index (χ0) is 18.5. The number of rotatable bonds is 2. The van der Waals surface area contributed by atoms with Crippen molar-refractivity contribution in [1.82, 2.24) is 14.5 Å². The first-order chi connectivity index (χ1) is 11.7. The van der Waals surface area contributed by atoms with E-state index in [1.807, 2.05) is 0 Å². The van der Waals surface area contributed by atoms with E-state index in [2.05, 4.69) is 21.8 Å². The molecule has 3 heterocycles. The van der Waals surface area contributed by atoms with Crippen LogP contribution in [0.4, 0.5) is 10.3 Å². The lowest BCUT2D eigenvalue weighted by Gasteiger charge is -2.25. The molecule has 1 fully saturated rings. The van der Waals surface area contributed by atoms with E-state index in [1.54, 1.807) is 0 Å². The van der Waals surface area contributed by atoms with Crippen LogP contribution in [0.5, 0.6) is 0 Å². The number of nitrogens with one attached hydrogen (secondary N) is 1. The Bertz CT molecular complexity index is 947. The standard InChI is InChI=1S/C15H16ClFN4O4/c1-3-4-15(16)10(23)9(6(2)22)25-13(15)21-5-7(17)8-11(21)19-14(18)20-12(8)24/h5-6,9-10,13,22-23H,1-2H3,(H3,18,19,20,24)/t6-,9-,10+,13-,15?/m1/s1. The number of aromatic amines is 1. The average molecular weight is 371 g/mol. The number of ether oxygens (including phenoxy) is 1. The molecule has 1 aliphatic heterocycles. The minimum absolute atomic E-state index is 0.106. The maximum atomic E-state index is 14.3. The fourth-order valence-electron chi connectivity index (χ4n) is 2.99. The first-order valence-corrected chi connectivity index (χ1v) is 7.78. The highest BCUT2D eigenvalue weighted by Crippen LogP contribution is 2.45. The Morgan fingerprint density at radius 1 is 1.64 bits per heavy atom. The van der Waals surface area contributed by atoms with Crippen LogP contribution in [0, 0.1) is 17.7 Å². The number of hydrogen-bond donors (Lipinski definition) is 4. The van der Waals surface area contributed by atoms with Gasteiger partial charge >= 0.3 is 0 Å². The van der Waals surface area contributed by atoms with Crippen LogP contribution in [-0.2, 0) is 4.74 Å². The van der Waals surface area contributed by atoms with Gasteiger partial charge in [0.15, 0.2) is 22.6 Å². The van der Waals surface area contributed by atoms with Gasteiger partial charge in [0.05, 0.1) is 6.10 Å². The Balaban J connectivity index is 2.25. The molecular formula is C15H16ClFN4O4. The van der Waals surface area contributed by atoms with Gasteiger partial charge in [0.25, 0.3) is 5.56 Å². The predicted octanol–water partition coefficient (Wildman–Crippen LogP) is 0.0859. The Hall–Kier alpha value is -2.12. The van der Waals surface area contributed by atoms with Gasteiger partial charge in [-0.1, -0.05) is 17.5 Å². The predicted molar refractivity (Wildman–Crippen MR) is 88.4 cm³/mol. The summed E-state index contributed by atoms with van der Waals surface area (Å²) in [5.41, 5.74) is 4.67. The van der Waals surface area contributed by atoms with Crippen LogP contribution in [0.15, 0.2) is 11.0 Å². The maximum absolute atomic E-state index is 14.3. The summed E-state index contributed by atoms with van der Waals surface area (Å²) in [4.78, 5) is 16.4. The third-order valence-corrected chi connectivity index (χ3v) is 4.59. The van der Waals surface area contributed by atoms with E-state index >= 15 is 0 Å². The van der Waals surface area contributed by atoms with Gasteiger partial charge in [0.1, 0.15) is 17.6 Å². The third-order valence-electron chi connectivity index (χ3n) is 4.09. The fourth-order valence-corrected chi connectivity index (χ4v) is 3.36. The molecule has 0 amide bonds. The number of H-pyrrole nitrogens is 1. The normalized spacial score (nSPS) is 30.2. The van der Waals surface area contributed by atoms with E-state index < -0.39 is 40.8 Å². The van der Waals surface area contributed by atoms with Crippen LogP contribution in [-0.4, -0.2) is 47.9 Å². The van der Waals surface area contributed by atoms with Gasteiger partial charge in [-0.2, -0.15) is 4.98 Å². The molecule has 0 saturated carbocycles. The summed E-state index contributed by atoms with van der Waals surface area (Å²) < 4.78 is 21.1. The van der Waals surface area contributed by atoms with Crippen molar-refractivity contribution in [3.8, 4) is 11.8 Å². The second-order valence-corrected chi connectivity index (χ2v) is 6.44. The minimum atomic E-state index is -1.69. The Morgan fingerprint density at radius 3 is 2.92 bits per heavy atom. The number of aromatic nitrogens is 3. The van der Waals surface area contributed by atoms with E-state index in [1.165, 1.54) is 13.8 Å². The van der Waals surface area contributed by atoms with Crippen molar-refractivity contribution in [2.45, 2.75) is 43.3 Å². The van der Waals surface area contributed by atoms with E-state index in [4.69, 9.17) is 22.1 Å². The monoisotopic (exact) mass is 370 g/mol. The highest BCUT2D eigenvalue weighted by Gasteiger charge is 2.57. The number of nitrogen functional groups attached to an aromatic ring is 1. The molecule has 10 heteroatoms. The maximum Gasteiger partial charge on any atom is 0.264 e. The van der Waals surface area contributed by atoms with Crippen LogP contribution in [0.2, 0.25) is 0 Å². The van der Waals surface area contributed by atoms with Gasteiger partial charge in [0, 0.05) is 6.20 Å². The number of aliphatic hydroxyl groups excluding tert-OH is 2. The van der Waals surface area contributed by atoms with E-state index in [0.717, 1.165) is 10.8 Å². The van der Waals surface area contributed by atoms with Gasteiger partial charge in [-0.05, 0) is 13.8 Å². The number of alkyl halides is 1. The van der Waals surface area contributed by atoms with E-state index in [0.29, 0.717) is 0 Å². The van der Waals surface area contributed by atoms with Crippen LogP contribution in [0.25, 0.3) is 11.0 Å². The van der Waals surface area contributed by atoms with Crippen molar-refractivity contribution in [2.24, 2.45) is 0 Å². The quantitative estimate of drug-likeness (QED) is 0.438. The molecule has 2 aromatic heterocycles. The molecule has 0 aromatic carbocycles. The fraction of sp³-hybridized carbons (Fsp3) is 0.467. The van der Waals surface area contributed by atoms with Crippen molar-refractivity contribution in [2.75, 3.05) is 5.73 Å². The number of anilines is 1. The van der Waals surface area contributed by atoms with E-state index in [-0.39, 0.29) is 17.0 Å². The van der Waals surface area contributed by atoms with Crippen LogP contribution >= 0.6 is 11.6 Å². The molecule has 8 nitrogen and oxygen atoms in total. The number of fused-ring (bicyclic) bond motifs is 1. The Kier molecular flexibility index (Phi) is 4.25. The van der Waals surface area contributed by atoms with Gasteiger partial charge in [-0.25, -0.2) is 4.39 Å². The molecule has 1 unspecified atom stereocenters.